The van der Waals surface area contributed by atoms with Gasteiger partial charge in [0.1, 0.15) is 0 Å². The van der Waals surface area contributed by atoms with E-state index >= 15 is 0 Å². The summed E-state index contributed by atoms with van der Waals surface area (Å²) in [4.78, 5) is 15.2. The van der Waals surface area contributed by atoms with Crippen LogP contribution in [-0.4, -0.2) is 56.0 Å². The maximum Gasteiger partial charge on any atom is 0.222 e. The van der Waals surface area contributed by atoms with Crippen molar-refractivity contribution in [3.05, 3.63) is 0 Å². The Morgan fingerprint density at radius 2 is 1.93 bits per heavy atom. The van der Waals surface area contributed by atoms with E-state index in [1.807, 2.05) is 0 Å². The zero-order valence-corrected chi connectivity index (χ0v) is 10.5. The smallest absolute Gasteiger partial charge is 0.222 e. The number of nitrogens with two attached hydrogens (primary N) is 1. The molecule has 0 bridgehead atoms. The Morgan fingerprint density at radius 1 is 1.33 bits per heavy atom. The summed E-state index contributed by atoms with van der Waals surface area (Å²) in [7, 11) is 5.67. The first kappa shape index (κ1) is 14.4. The fraction of sp³-hybridized carbons (Fsp3) is 0.909. The standard InChI is InChI=1S/C11H25N3O/c1-10(7-8-12)14(4)9-5-6-11(15)13(2)3/h10H,5-9,12H2,1-4H3. The van der Waals surface area contributed by atoms with Gasteiger partial charge >= 0.3 is 0 Å². The van der Waals surface area contributed by atoms with E-state index in [0.29, 0.717) is 12.5 Å². The van der Waals surface area contributed by atoms with Crippen LogP contribution in [0.1, 0.15) is 26.2 Å². The molecule has 0 aliphatic rings. The summed E-state index contributed by atoms with van der Waals surface area (Å²) in [6.45, 7) is 3.85. The van der Waals surface area contributed by atoms with Crippen molar-refractivity contribution in [1.82, 2.24) is 9.80 Å². The number of hydrogen-bond acceptors (Lipinski definition) is 3. The van der Waals surface area contributed by atoms with Gasteiger partial charge in [-0.05, 0) is 39.9 Å². The molecule has 90 valence electrons. The van der Waals surface area contributed by atoms with Gasteiger partial charge in [-0.3, -0.25) is 4.79 Å². The number of hydrogen-bond donors (Lipinski definition) is 1. The van der Waals surface area contributed by atoms with Crippen LogP contribution in [0.25, 0.3) is 0 Å². The third-order valence-electron chi connectivity index (χ3n) is 2.74. The molecule has 0 rings (SSSR count). The van der Waals surface area contributed by atoms with Crippen LogP contribution in [0.2, 0.25) is 0 Å². The second-order valence-electron chi connectivity index (χ2n) is 4.30. The summed E-state index contributed by atoms with van der Waals surface area (Å²) in [6, 6.07) is 0.504. The van der Waals surface area contributed by atoms with Crippen LogP contribution < -0.4 is 5.73 Å². The molecule has 0 aliphatic carbocycles. The van der Waals surface area contributed by atoms with Gasteiger partial charge in [0.2, 0.25) is 5.91 Å². The van der Waals surface area contributed by atoms with Crippen LogP contribution in [0, 0.1) is 0 Å². The molecule has 0 aromatic carbocycles. The lowest BCUT2D eigenvalue weighted by atomic mass is 10.2. The molecule has 0 saturated heterocycles. The highest BCUT2D eigenvalue weighted by Crippen LogP contribution is 2.02. The lowest BCUT2D eigenvalue weighted by molar-refractivity contribution is -0.128. The zero-order valence-electron chi connectivity index (χ0n) is 10.5. The second kappa shape index (κ2) is 7.65. The van der Waals surface area contributed by atoms with Gasteiger partial charge in [0.05, 0.1) is 0 Å². The highest BCUT2D eigenvalue weighted by molar-refractivity contribution is 5.75. The first-order valence-electron chi connectivity index (χ1n) is 5.59. The number of amides is 1. The molecular formula is C11H25N3O. The van der Waals surface area contributed by atoms with Crippen molar-refractivity contribution in [3.8, 4) is 0 Å². The van der Waals surface area contributed by atoms with Crippen LogP contribution in [0.15, 0.2) is 0 Å². The first-order valence-corrected chi connectivity index (χ1v) is 5.59. The summed E-state index contributed by atoms with van der Waals surface area (Å²) in [5, 5.41) is 0. The molecule has 1 unspecified atom stereocenters. The quantitative estimate of drug-likeness (QED) is 0.674. The molecule has 0 saturated carbocycles. The van der Waals surface area contributed by atoms with E-state index in [4.69, 9.17) is 5.73 Å². The van der Waals surface area contributed by atoms with Gasteiger partial charge in [0.25, 0.3) is 0 Å². The average molecular weight is 215 g/mol. The predicted molar refractivity (Wildman–Crippen MR) is 63.7 cm³/mol. The number of nitrogens with zero attached hydrogens (tertiary/aromatic N) is 2. The van der Waals surface area contributed by atoms with Crippen LogP contribution in [0.4, 0.5) is 0 Å². The molecule has 4 nitrogen and oxygen atoms in total. The number of carbonyl (C=O) groups excluding carboxylic acids is 1. The van der Waals surface area contributed by atoms with Gasteiger partial charge in [0.15, 0.2) is 0 Å². The van der Waals surface area contributed by atoms with Crippen molar-refractivity contribution in [1.29, 1.82) is 0 Å². The van der Waals surface area contributed by atoms with Crippen LogP contribution in [0.3, 0.4) is 0 Å². The van der Waals surface area contributed by atoms with E-state index in [-0.39, 0.29) is 5.91 Å². The van der Waals surface area contributed by atoms with Gasteiger partial charge in [-0.2, -0.15) is 0 Å². The van der Waals surface area contributed by atoms with Gasteiger partial charge in [0, 0.05) is 26.6 Å². The highest BCUT2D eigenvalue weighted by Gasteiger charge is 2.09. The Bertz CT molecular complexity index is 183. The van der Waals surface area contributed by atoms with Crippen molar-refractivity contribution in [3.63, 3.8) is 0 Å². The Morgan fingerprint density at radius 3 is 2.40 bits per heavy atom. The maximum absolute atomic E-state index is 11.3. The number of rotatable bonds is 7. The van der Waals surface area contributed by atoms with Crippen molar-refractivity contribution in [2.24, 2.45) is 5.73 Å². The molecular weight excluding hydrogens is 190 g/mol. The van der Waals surface area contributed by atoms with Crippen LogP contribution >= 0.6 is 0 Å². The van der Waals surface area contributed by atoms with E-state index in [2.05, 4.69) is 18.9 Å². The van der Waals surface area contributed by atoms with Crippen molar-refractivity contribution < 1.29 is 4.79 Å². The third kappa shape index (κ3) is 6.47. The largest absolute Gasteiger partial charge is 0.349 e. The molecule has 1 amide bonds. The minimum absolute atomic E-state index is 0.204. The summed E-state index contributed by atoms with van der Waals surface area (Å²) in [6.07, 6.45) is 2.56. The second-order valence-corrected chi connectivity index (χ2v) is 4.30. The summed E-state index contributed by atoms with van der Waals surface area (Å²) < 4.78 is 0. The minimum atomic E-state index is 0.204. The summed E-state index contributed by atoms with van der Waals surface area (Å²) in [5.41, 5.74) is 5.50. The molecule has 0 aromatic heterocycles. The molecule has 0 radical (unpaired) electrons. The first-order chi connectivity index (χ1) is 6.99. The van der Waals surface area contributed by atoms with Crippen molar-refractivity contribution in [2.75, 3.05) is 34.2 Å². The molecule has 15 heavy (non-hydrogen) atoms. The molecule has 1 atom stereocenters. The SMILES string of the molecule is CC(CCN)N(C)CCCC(=O)N(C)C. The maximum atomic E-state index is 11.3. The minimum Gasteiger partial charge on any atom is -0.349 e. The molecule has 0 aromatic rings. The predicted octanol–water partition coefficient (Wildman–Crippen LogP) is 0.524. The molecule has 2 N–H and O–H groups in total. The van der Waals surface area contributed by atoms with Crippen molar-refractivity contribution in [2.45, 2.75) is 32.2 Å². The van der Waals surface area contributed by atoms with E-state index in [9.17, 15) is 4.79 Å². The lowest BCUT2D eigenvalue weighted by Gasteiger charge is -2.24. The Kier molecular flexibility index (Phi) is 7.34. The molecule has 0 fully saturated rings. The van der Waals surface area contributed by atoms with Gasteiger partial charge in [-0.15, -0.1) is 0 Å². The average Bonchev–Trinajstić information content (AvgIpc) is 2.17. The fourth-order valence-electron chi connectivity index (χ4n) is 1.39. The Balaban J connectivity index is 3.62. The normalized spacial score (nSPS) is 12.9. The van der Waals surface area contributed by atoms with E-state index < -0.39 is 0 Å². The zero-order chi connectivity index (χ0) is 11.8. The van der Waals surface area contributed by atoms with Gasteiger partial charge in [-0.1, -0.05) is 0 Å². The van der Waals surface area contributed by atoms with E-state index in [0.717, 1.165) is 25.9 Å². The monoisotopic (exact) mass is 215 g/mol. The fourth-order valence-corrected chi connectivity index (χ4v) is 1.39. The molecule has 0 spiro atoms. The van der Waals surface area contributed by atoms with Gasteiger partial charge in [-0.25, -0.2) is 0 Å². The topological polar surface area (TPSA) is 49.6 Å². The Hall–Kier alpha value is -0.610. The van der Waals surface area contributed by atoms with Crippen molar-refractivity contribution >= 4 is 5.91 Å². The molecule has 0 heterocycles. The molecule has 4 heteroatoms. The molecule has 0 aliphatic heterocycles. The van der Waals surface area contributed by atoms with E-state index in [1.54, 1.807) is 19.0 Å². The third-order valence-corrected chi connectivity index (χ3v) is 2.74. The van der Waals surface area contributed by atoms with Crippen LogP contribution in [0.5, 0.6) is 0 Å². The number of carbonyl (C=O) groups is 1. The van der Waals surface area contributed by atoms with Gasteiger partial charge < -0.3 is 15.5 Å². The highest BCUT2D eigenvalue weighted by atomic mass is 16.2. The Labute approximate surface area is 93.4 Å². The lowest BCUT2D eigenvalue weighted by Crippen LogP contribution is -2.32. The summed E-state index contributed by atoms with van der Waals surface area (Å²) in [5.74, 6) is 0.204. The van der Waals surface area contributed by atoms with Crippen LogP contribution in [-0.2, 0) is 4.79 Å². The van der Waals surface area contributed by atoms with E-state index in [1.165, 1.54) is 0 Å². The summed E-state index contributed by atoms with van der Waals surface area (Å²) >= 11 is 0.